The van der Waals surface area contributed by atoms with Crippen molar-refractivity contribution in [2.45, 2.75) is 50.5 Å². The molecular weight excluding hydrogens is 343 g/mol. The van der Waals surface area contributed by atoms with Crippen LogP contribution in [-0.2, 0) is 51.8 Å². The summed E-state index contributed by atoms with van der Waals surface area (Å²) in [5.74, 6) is -1.22. The van der Waals surface area contributed by atoms with E-state index in [0.29, 0.717) is 6.61 Å². The monoisotopic (exact) mass is 365 g/mol. The predicted octanol–water partition coefficient (Wildman–Crippen LogP) is 0.0570. The van der Waals surface area contributed by atoms with Gasteiger partial charge in [-0.15, -0.1) is 0 Å². The molecule has 0 aromatic heterocycles. The first kappa shape index (κ1) is 22.2. The van der Waals surface area contributed by atoms with Crippen LogP contribution in [0.3, 0.4) is 0 Å². The Hall–Kier alpha value is -0.0761. The van der Waals surface area contributed by atoms with Crippen molar-refractivity contribution >= 4 is 12.4 Å². The Labute approximate surface area is 144 Å². The maximum atomic E-state index is 9.73. The number of carbonyl (C=O) groups excluding carboxylic acids is 1. The quantitative estimate of drug-likeness (QED) is 0.346. The van der Waals surface area contributed by atoms with Gasteiger partial charge in [0.1, 0.15) is 6.42 Å². The minimum atomic E-state index is -1.53. The molecule has 8 heteroatoms. The molecule has 1 rings (SSSR count). The molecule has 7 nitrogen and oxygen atoms in total. The van der Waals surface area contributed by atoms with E-state index in [1.54, 1.807) is 0 Å². The van der Waals surface area contributed by atoms with Crippen molar-refractivity contribution in [1.82, 2.24) is 0 Å². The molecular formula is C12H22NO6Y-. The van der Waals surface area contributed by atoms with Crippen LogP contribution in [0, 0.1) is 6.92 Å². The van der Waals surface area contributed by atoms with Crippen molar-refractivity contribution < 1.29 is 62.0 Å². The summed E-state index contributed by atoms with van der Waals surface area (Å²) in [4.78, 5) is 19.2. The van der Waals surface area contributed by atoms with E-state index in [1.807, 2.05) is 0 Å². The molecule has 1 aliphatic rings. The predicted molar refractivity (Wildman–Crippen MR) is 66.9 cm³/mol. The van der Waals surface area contributed by atoms with Gasteiger partial charge in [-0.1, -0.05) is 19.4 Å². The third-order valence-electron chi connectivity index (χ3n) is 2.65. The molecule has 115 valence electrons. The van der Waals surface area contributed by atoms with Crippen LogP contribution < -0.4 is 5.73 Å². The maximum Gasteiger partial charge on any atom is 0.309 e. The van der Waals surface area contributed by atoms with Crippen LogP contribution in [0.25, 0.3) is 0 Å². The minimum Gasteiger partial charge on any atom is -0.481 e. The zero-order chi connectivity index (χ0) is 14.7. The van der Waals surface area contributed by atoms with Crippen molar-refractivity contribution in [1.29, 1.82) is 0 Å². The van der Waals surface area contributed by atoms with E-state index in [4.69, 9.17) is 20.7 Å². The van der Waals surface area contributed by atoms with Gasteiger partial charge in [0.25, 0.3) is 6.47 Å². The summed E-state index contributed by atoms with van der Waals surface area (Å²) in [5, 5.41) is 16.3. The van der Waals surface area contributed by atoms with E-state index in [-0.39, 0.29) is 51.3 Å². The Morgan fingerprint density at radius 1 is 1.45 bits per heavy atom. The van der Waals surface area contributed by atoms with Crippen LogP contribution in [0.4, 0.5) is 0 Å². The fourth-order valence-electron chi connectivity index (χ4n) is 1.75. The van der Waals surface area contributed by atoms with E-state index in [9.17, 15) is 9.59 Å². The number of hydrogen-bond acceptors (Lipinski definition) is 6. The first-order valence-electron chi connectivity index (χ1n) is 6.16. The van der Waals surface area contributed by atoms with Crippen LogP contribution in [0.15, 0.2) is 0 Å². The van der Waals surface area contributed by atoms with Crippen molar-refractivity contribution in [2.24, 2.45) is 5.73 Å². The molecule has 0 heterocycles. The average Bonchev–Trinajstić information content (AvgIpc) is 2.32. The summed E-state index contributed by atoms with van der Waals surface area (Å²) in [6.07, 6.45) is 2.93. The van der Waals surface area contributed by atoms with Gasteiger partial charge in [-0.25, -0.2) is 0 Å². The number of carboxylic acids is 1. The molecule has 3 atom stereocenters. The van der Waals surface area contributed by atoms with Gasteiger partial charge in [0.2, 0.25) is 6.29 Å². The molecule has 0 amide bonds. The standard InChI is InChI=1S/C8H16NO.C4H6O5.Y/c1-2-10-8-6-4-3-5-7(8)9;5-2-9-4(8)1-3(6)7;/h7-8H,1-6,9H2;2,4,8H,1H2,(H,6,7);/q-1;;/t7-,8-;;/m1../s1. The Kier molecular flexibility index (Phi) is 15.4. The van der Waals surface area contributed by atoms with E-state index in [2.05, 4.69) is 11.7 Å². The summed E-state index contributed by atoms with van der Waals surface area (Å²) < 4.78 is 9.21. The maximum absolute atomic E-state index is 9.73. The molecule has 1 radical (unpaired) electrons. The fraction of sp³-hybridized carbons (Fsp3) is 0.750. The molecule has 1 fully saturated rings. The van der Waals surface area contributed by atoms with Crippen LogP contribution in [0.1, 0.15) is 32.1 Å². The fourth-order valence-corrected chi connectivity index (χ4v) is 1.75. The normalized spacial score (nSPS) is 22.6. The second-order valence-corrected chi connectivity index (χ2v) is 4.14. The van der Waals surface area contributed by atoms with Crippen molar-refractivity contribution in [3.63, 3.8) is 0 Å². The van der Waals surface area contributed by atoms with Gasteiger partial charge in [-0.3, -0.25) is 9.59 Å². The molecule has 0 saturated heterocycles. The largest absolute Gasteiger partial charge is 0.481 e. The number of nitrogens with two attached hydrogens (primary N) is 1. The summed E-state index contributed by atoms with van der Waals surface area (Å²) in [6.45, 7) is 4.18. The van der Waals surface area contributed by atoms with Gasteiger partial charge in [-0.2, -0.15) is 0 Å². The first-order valence-corrected chi connectivity index (χ1v) is 6.16. The van der Waals surface area contributed by atoms with Crippen LogP contribution in [0.2, 0.25) is 0 Å². The van der Waals surface area contributed by atoms with Gasteiger partial charge >= 0.3 is 5.97 Å². The van der Waals surface area contributed by atoms with E-state index >= 15 is 0 Å². The third-order valence-corrected chi connectivity index (χ3v) is 2.65. The van der Waals surface area contributed by atoms with Crippen LogP contribution in [0.5, 0.6) is 0 Å². The number of carbonyl (C=O) groups is 2. The van der Waals surface area contributed by atoms with E-state index in [0.717, 1.165) is 12.8 Å². The summed E-state index contributed by atoms with van der Waals surface area (Å²) in [6, 6.07) is 0.260. The van der Waals surface area contributed by atoms with Crippen molar-refractivity contribution in [3.05, 3.63) is 6.92 Å². The van der Waals surface area contributed by atoms with E-state index in [1.165, 1.54) is 12.8 Å². The zero-order valence-corrected chi connectivity index (χ0v) is 14.3. The number of aliphatic hydroxyl groups is 1. The summed E-state index contributed by atoms with van der Waals surface area (Å²) in [7, 11) is 0. The number of ether oxygens (including phenoxy) is 2. The Bertz CT molecular complexity index is 264. The third kappa shape index (κ3) is 11.7. The van der Waals surface area contributed by atoms with Gasteiger partial charge in [-0.05, 0) is 12.8 Å². The molecule has 1 aliphatic carbocycles. The second kappa shape index (κ2) is 13.9. The van der Waals surface area contributed by atoms with Crippen molar-refractivity contribution in [2.75, 3.05) is 6.61 Å². The van der Waals surface area contributed by atoms with Crippen LogP contribution in [-0.4, -0.2) is 47.7 Å². The SMILES string of the molecule is O=COC(O)CC(=O)O.[CH2-]CO[C@@H]1CCCC[C@H]1N.[Y]. The number of hydrogen-bond donors (Lipinski definition) is 3. The Balaban J connectivity index is 0. The summed E-state index contributed by atoms with van der Waals surface area (Å²) >= 11 is 0. The van der Waals surface area contributed by atoms with Crippen LogP contribution >= 0.6 is 0 Å². The van der Waals surface area contributed by atoms with Crippen molar-refractivity contribution in [3.8, 4) is 0 Å². The first-order chi connectivity index (χ1) is 9.01. The molecule has 0 aromatic rings. The topological polar surface area (TPSA) is 119 Å². The molecule has 0 aromatic carbocycles. The van der Waals surface area contributed by atoms with Gasteiger partial charge < -0.3 is 32.3 Å². The average molecular weight is 365 g/mol. The Morgan fingerprint density at radius 3 is 2.50 bits per heavy atom. The molecule has 1 saturated carbocycles. The molecule has 20 heavy (non-hydrogen) atoms. The molecule has 0 aliphatic heterocycles. The second-order valence-electron chi connectivity index (χ2n) is 4.14. The van der Waals surface area contributed by atoms with Gasteiger partial charge in [0, 0.05) is 38.8 Å². The minimum absolute atomic E-state index is 0. The zero-order valence-electron chi connectivity index (χ0n) is 11.4. The Morgan fingerprint density at radius 2 is 2.05 bits per heavy atom. The smallest absolute Gasteiger partial charge is 0.309 e. The molecule has 4 N–H and O–H groups in total. The number of aliphatic carboxylic acids is 1. The molecule has 1 unspecified atom stereocenters. The number of carboxylic acid groups (broad SMARTS) is 1. The molecule has 0 spiro atoms. The summed E-state index contributed by atoms with van der Waals surface area (Å²) in [5.41, 5.74) is 5.81. The number of aliphatic hydroxyl groups excluding tert-OH is 1. The molecule has 0 bridgehead atoms. The number of rotatable bonds is 6. The van der Waals surface area contributed by atoms with E-state index < -0.39 is 18.7 Å². The van der Waals surface area contributed by atoms with Gasteiger partial charge in [0.05, 0.1) is 6.10 Å². The van der Waals surface area contributed by atoms with Gasteiger partial charge in [0.15, 0.2) is 0 Å².